The minimum Gasteiger partial charge on any atom is -0.305 e. The van der Waals surface area contributed by atoms with E-state index in [4.69, 9.17) is 19.9 Å². The molecule has 0 atom stereocenters. The van der Waals surface area contributed by atoms with Crippen LogP contribution in [0.1, 0.15) is 138 Å². The van der Waals surface area contributed by atoms with Gasteiger partial charge in [-0.05, 0) is 137 Å². The molecule has 0 spiro atoms. The summed E-state index contributed by atoms with van der Waals surface area (Å²) in [6, 6.07) is 122. The van der Waals surface area contributed by atoms with E-state index in [-0.39, 0.29) is 80.4 Å². The van der Waals surface area contributed by atoms with Crippen molar-refractivity contribution >= 4 is 53.0 Å². The van der Waals surface area contributed by atoms with E-state index < -0.39 is 32.3 Å². The maximum absolute atomic E-state index is 4.98. The molecule has 15 heteroatoms. The van der Waals surface area contributed by atoms with Crippen LogP contribution in [0.2, 0.25) is 74.5 Å². The molecule has 7 nitrogen and oxygen atoms in total. The Morgan fingerprint density at radius 3 is 0.836 bits per heavy atom. The third kappa shape index (κ3) is 31.7. The van der Waals surface area contributed by atoms with E-state index in [1.165, 1.54) is 165 Å². The number of hydrogen-bond acceptors (Lipinski definition) is 7. The number of benzene rings is 8. The number of nitrogens with zero attached hydrogens (tertiary/aromatic N) is 7. The summed E-state index contributed by atoms with van der Waals surface area (Å²) in [5.41, 5.74) is 25.6. The van der Waals surface area contributed by atoms with Crippen LogP contribution >= 0.6 is 0 Å². The summed E-state index contributed by atoms with van der Waals surface area (Å²) >= 11 is 0. The molecule has 4 fully saturated rings. The van der Waals surface area contributed by atoms with Crippen molar-refractivity contribution in [3.63, 3.8) is 0 Å². The van der Waals surface area contributed by atoms with E-state index >= 15 is 0 Å². The van der Waals surface area contributed by atoms with Gasteiger partial charge in [-0.25, -0.2) is 0 Å². The van der Waals surface area contributed by atoms with Gasteiger partial charge in [0, 0.05) is 124 Å². The molecule has 19 rings (SSSR count). The Morgan fingerprint density at radius 2 is 0.530 bits per heavy atom. The predicted molar refractivity (Wildman–Crippen MR) is 560 cm³/mol. The molecule has 0 unspecified atom stereocenters. The van der Waals surface area contributed by atoms with Crippen LogP contribution in [0.5, 0.6) is 0 Å². The summed E-state index contributed by atoms with van der Waals surface area (Å²) < 4.78 is 0. The van der Waals surface area contributed by atoms with Crippen LogP contribution in [0.15, 0.2) is 304 Å². The van der Waals surface area contributed by atoms with Crippen LogP contribution in [0, 0.1) is 82.0 Å². The van der Waals surface area contributed by atoms with Gasteiger partial charge in [-0.15, -0.1) is 251 Å². The largest absolute Gasteiger partial charge is 0.305 e. The molecule has 15 aromatic rings. The van der Waals surface area contributed by atoms with E-state index in [1.807, 2.05) is 170 Å². The molecule has 11 heterocycles. The zero-order valence-corrected chi connectivity index (χ0v) is 94.1. The standard InChI is InChI=1S/C27H32NSi.C21H28NSi.2C18H22NSi.2C12H10N.C11H8N.4Ir/c1-21(2)17-25-19-26(28-20-27(25)29(3)15-8-5-9-16-29)24-14-10-13-23(18-24)22-11-6-4-7-12-22;1-17(2)14-19-15-20(18-10-6-4-7-11-18)22-16-21(19)23(3)12-8-5-9-13-23;2*1-15-13-17(16-9-5-3-6-10-16)19-14-18(15)20(2)11-7-4-8-12-20;2*1-10-7-8-13-12(9-10)11-5-3-2-4-6-11;1-2-6-10(7-3-1)11-8-4-5-9-12-11;;;;/h4,6-7,10-13,18-21H,5,8-9,15-17H2,1-3H3;4,6-7,10,15-17H,5,8-9,12-14H2,1-3H3;2*3,5-6,9,13-14H,4,7-8,11-12H2,1-2H3;2*2-5,7-9H,1H3;1-6,8-9H;;;;/q7*-1;;;;. The Kier molecular flexibility index (Phi) is 44.7. The monoisotopic (exact) mass is 2540 g/mol. The molecular formula is C119H132Ir4N7Si4-7. The van der Waals surface area contributed by atoms with Crippen LogP contribution < -0.4 is 20.7 Å². The Bertz CT molecular complexity index is 5720. The predicted octanol–water partition coefficient (Wildman–Crippen LogP) is 29.0. The van der Waals surface area contributed by atoms with E-state index in [9.17, 15) is 0 Å². The third-order valence-corrected chi connectivity index (χ3v) is 45.3. The Balaban J connectivity index is 0.000000178. The fourth-order valence-corrected chi connectivity index (χ4v) is 36.1. The van der Waals surface area contributed by atoms with Crippen LogP contribution in [0.4, 0.5) is 0 Å². The normalized spacial score (nSPS) is 14.6. The van der Waals surface area contributed by atoms with Gasteiger partial charge in [-0.2, -0.15) is 0 Å². The molecule has 0 saturated carbocycles. The SMILES string of the molecule is CC(C)Cc1cc(-c2[c-]ccc(-c3ccccc3)c2)ncc1[Si]1(C)CCCCC1.CC(C)Cc1cc(-c2[c-]cccc2)ncc1[Si]1(C)CCCCC1.Cc1cc(-c2[c-]cccc2)ncc1[Si]1(C)CCCCC1.Cc1cc(-c2[c-]cccc2)ncc1[Si]1(C)CCCCC1.Cc1ccnc(-c2[c-]cccc2)c1.Cc1ccnc(-c2[c-]cccc2)c1.[Ir].[Ir].[Ir].[Ir].[c-]1ccccc1-c1ccccn1. The summed E-state index contributed by atoms with van der Waals surface area (Å²) in [7, 11) is -5.21. The first-order chi connectivity index (χ1) is 63.2. The number of aromatic nitrogens is 7. The second-order valence-electron chi connectivity index (χ2n) is 38.1. The first-order valence-electron chi connectivity index (χ1n) is 47.8. The van der Waals surface area contributed by atoms with Crippen molar-refractivity contribution in [2.75, 3.05) is 0 Å². The van der Waals surface area contributed by atoms with E-state index in [0.717, 1.165) is 85.2 Å². The van der Waals surface area contributed by atoms with Gasteiger partial charge in [-0.3, -0.25) is 0 Å². The molecule has 4 aliphatic heterocycles. The summed E-state index contributed by atoms with van der Waals surface area (Å²) in [6.45, 7) is 28.2. The molecule has 0 bridgehead atoms. The zero-order chi connectivity index (χ0) is 91.0. The van der Waals surface area contributed by atoms with Crippen molar-refractivity contribution < 1.29 is 80.4 Å². The molecule has 4 saturated heterocycles. The Morgan fingerprint density at radius 1 is 0.246 bits per heavy atom. The van der Waals surface area contributed by atoms with Gasteiger partial charge in [0.05, 0.1) is 32.3 Å². The van der Waals surface area contributed by atoms with Crippen molar-refractivity contribution in [1.29, 1.82) is 0 Å². The second kappa shape index (κ2) is 55.0. The van der Waals surface area contributed by atoms with Gasteiger partial charge < -0.3 is 34.9 Å². The molecule has 0 aliphatic carbocycles. The third-order valence-electron chi connectivity index (χ3n) is 26.5. The van der Waals surface area contributed by atoms with Crippen LogP contribution in [0.25, 0.3) is 89.9 Å². The maximum atomic E-state index is 4.98. The first kappa shape index (κ1) is 109. The molecule has 4 aliphatic rings. The number of aryl methyl sites for hydroxylation is 4. The second-order valence-corrected chi connectivity index (χ2v) is 56.7. The molecule has 0 N–H and O–H groups in total. The molecular weight excluding hydrogens is 2410 g/mol. The molecule has 4 radical (unpaired) electrons. The van der Waals surface area contributed by atoms with Gasteiger partial charge in [0.1, 0.15) is 0 Å². The Hall–Kier alpha value is -8.73. The van der Waals surface area contributed by atoms with Crippen LogP contribution in [-0.2, 0) is 93.3 Å². The smallest absolute Gasteiger partial charge is 0.0859 e. The van der Waals surface area contributed by atoms with Crippen molar-refractivity contribution in [2.24, 2.45) is 11.8 Å². The molecule has 8 aromatic carbocycles. The average Bonchev–Trinajstić information content (AvgIpc) is 0.787. The molecule has 702 valence electrons. The van der Waals surface area contributed by atoms with E-state index in [1.54, 1.807) is 38.1 Å². The topological polar surface area (TPSA) is 90.2 Å². The van der Waals surface area contributed by atoms with Crippen molar-refractivity contribution in [3.8, 4) is 89.9 Å². The van der Waals surface area contributed by atoms with Gasteiger partial charge in [-0.1, -0.05) is 292 Å². The minimum atomic E-state index is -1.38. The van der Waals surface area contributed by atoms with Crippen LogP contribution in [-0.4, -0.2) is 67.2 Å². The number of rotatable bonds is 16. The number of hydrogen-bond donors (Lipinski definition) is 0. The summed E-state index contributed by atoms with van der Waals surface area (Å²) in [6.07, 6.45) is 33.5. The van der Waals surface area contributed by atoms with Gasteiger partial charge >= 0.3 is 0 Å². The molecule has 7 aromatic heterocycles. The zero-order valence-electron chi connectivity index (χ0n) is 80.5. The van der Waals surface area contributed by atoms with Crippen molar-refractivity contribution in [2.45, 2.75) is 220 Å². The molecule has 0 amide bonds. The number of pyridine rings is 7. The Labute approximate surface area is 861 Å². The quantitative estimate of drug-likeness (QED) is 0.0703. The van der Waals surface area contributed by atoms with Gasteiger partial charge in [0.15, 0.2) is 0 Å². The fraction of sp³-hybridized carbons (Fsp3) is 0.303. The summed E-state index contributed by atoms with van der Waals surface area (Å²) in [4.78, 5) is 32.1. The minimum absolute atomic E-state index is 0. The fourth-order valence-electron chi connectivity index (χ4n) is 19.3. The van der Waals surface area contributed by atoms with Gasteiger partial charge in [0.25, 0.3) is 0 Å². The van der Waals surface area contributed by atoms with E-state index in [2.05, 4.69) is 267 Å². The summed E-state index contributed by atoms with van der Waals surface area (Å²) in [5.74, 6) is 1.34. The van der Waals surface area contributed by atoms with E-state index in [0.29, 0.717) is 11.8 Å². The first-order valence-corrected chi connectivity index (χ1v) is 59.5. The molecule has 134 heavy (non-hydrogen) atoms. The summed E-state index contributed by atoms with van der Waals surface area (Å²) in [5, 5.41) is 6.41. The van der Waals surface area contributed by atoms with Crippen molar-refractivity contribution in [3.05, 3.63) is 380 Å². The van der Waals surface area contributed by atoms with Crippen LogP contribution in [0.3, 0.4) is 0 Å². The maximum Gasteiger partial charge on any atom is 0.0859 e. The van der Waals surface area contributed by atoms with Gasteiger partial charge in [0.2, 0.25) is 0 Å². The van der Waals surface area contributed by atoms with Crippen molar-refractivity contribution in [1.82, 2.24) is 34.9 Å². The average molecular weight is 2540 g/mol.